The molecule has 3 nitrogen and oxygen atoms in total. The van der Waals surface area contributed by atoms with Gasteiger partial charge in [-0.15, -0.1) is 0 Å². The van der Waals surface area contributed by atoms with Crippen molar-refractivity contribution in [3.63, 3.8) is 0 Å². The molecule has 7 heteroatoms. The molecular formula is C17H10ClF3N2O. The van der Waals surface area contributed by atoms with Crippen LogP contribution >= 0.6 is 11.6 Å². The number of alkyl halides is 3. The van der Waals surface area contributed by atoms with Gasteiger partial charge in [0.1, 0.15) is 0 Å². The first-order valence-corrected chi connectivity index (χ1v) is 7.25. The SMILES string of the molecule is O=C(Nc1ccc(Cl)c(C(F)(F)F)c1)c1ccc2cccnc2c1. The number of hydrogen-bond acceptors (Lipinski definition) is 2. The molecule has 1 heterocycles. The van der Waals surface area contributed by atoms with Crippen LogP contribution in [0.4, 0.5) is 18.9 Å². The third kappa shape index (κ3) is 3.33. The highest BCUT2D eigenvalue weighted by atomic mass is 35.5. The molecule has 3 rings (SSSR count). The number of nitrogens with zero attached hydrogens (tertiary/aromatic N) is 1. The van der Waals surface area contributed by atoms with Crippen molar-refractivity contribution < 1.29 is 18.0 Å². The van der Waals surface area contributed by atoms with Gasteiger partial charge in [-0.05, 0) is 36.4 Å². The summed E-state index contributed by atoms with van der Waals surface area (Å²) in [5, 5.41) is 2.88. The van der Waals surface area contributed by atoms with E-state index >= 15 is 0 Å². The van der Waals surface area contributed by atoms with Gasteiger partial charge in [-0.25, -0.2) is 0 Å². The average Bonchev–Trinajstić information content (AvgIpc) is 2.55. The second kappa shape index (κ2) is 6.13. The maximum atomic E-state index is 12.9. The van der Waals surface area contributed by atoms with Crippen LogP contribution in [-0.4, -0.2) is 10.9 Å². The molecule has 0 radical (unpaired) electrons. The summed E-state index contributed by atoms with van der Waals surface area (Å²) >= 11 is 5.56. The maximum Gasteiger partial charge on any atom is 0.417 e. The van der Waals surface area contributed by atoms with Crippen LogP contribution < -0.4 is 5.32 Å². The number of fused-ring (bicyclic) bond motifs is 1. The number of carbonyl (C=O) groups is 1. The van der Waals surface area contributed by atoms with Crippen molar-refractivity contribution in [2.45, 2.75) is 6.18 Å². The Morgan fingerprint density at radius 3 is 2.62 bits per heavy atom. The number of rotatable bonds is 2. The quantitative estimate of drug-likeness (QED) is 0.693. The highest BCUT2D eigenvalue weighted by Gasteiger charge is 2.33. The Hall–Kier alpha value is -2.60. The molecule has 0 saturated carbocycles. The summed E-state index contributed by atoms with van der Waals surface area (Å²) in [4.78, 5) is 16.4. The van der Waals surface area contributed by atoms with E-state index in [1.165, 1.54) is 6.07 Å². The number of pyridine rings is 1. The van der Waals surface area contributed by atoms with E-state index in [1.54, 1.807) is 30.5 Å². The fourth-order valence-corrected chi connectivity index (χ4v) is 2.46. The predicted octanol–water partition coefficient (Wildman–Crippen LogP) is 5.16. The molecule has 0 bridgehead atoms. The molecule has 1 amide bonds. The zero-order valence-corrected chi connectivity index (χ0v) is 12.8. The third-order valence-corrected chi connectivity index (χ3v) is 3.73. The third-order valence-electron chi connectivity index (χ3n) is 3.40. The van der Waals surface area contributed by atoms with E-state index in [4.69, 9.17) is 11.6 Å². The van der Waals surface area contributed by atoms with Crippen LogP contribution in [-0.2, 0) is 6.18 Å². The summed E-state index contributed by atoms with van der Waals surface area (Å²) in [5.41, 5.74) is -0.0677. The fraction of sp³-hybridized carbons (Fsp3) is 0.0588. The van der Waals surface area contributed by atoms with Crippen LogP contribution in [0.3, 0.4) is 0 Å². The molecule has 0 fully saturated rings. The van der Waals surface area contributed by atoms with Crippen molar-refractivity contribution in [3.05, 3.63) is 70.9 Å². The van der Waals surface area contributed by atoms with Gasteiger partial charge >= 0.3 is 6.18 Å². The Labute approximate surface area is 140 Å². The van der Waals surface area contributed by atoms with Gasteiger partial charge in [-0.3, -0.25) is 9.78 Å². The number of aromatic nitrogens is 1. The van der Waals surface area contributed by atoms with Crippen molar-refractivity contribution in [1.82, 2.24) is 4.98 Å². The molecular weight excluding hydrogens is 341 g/mol. The van der Waals surface area contributed by atoms with Gasteiger partial charge in [-0.1, -0.05) is 23.7 Å². The first-order chi connectivity index (χ1) is 11.3. The maximum absolute atomic E-state index is 12.9. The van der Waals surface area contributed by atoms with E-state index in [2.05, 4.69) is 10.3 Å². The van der Waals surface area contributed by atoms with Crippen molar-refractivity contribution in [1.29, 1.82) is 0 Å². The second-order valence-corrected chi connectivity index (χ2v) is 5.46. The summed E-state index contributed by atoms with van der Waals surface area (Å²) in [5.74, 6) is -0.530. The molecule has 0 spiro atoms. The van der Waals surface area contributed by atoms with E-state index in [0.29, 0.717) is 11.1 Å². The lowest BCUT2D eigenvalue weighted by molar-refractivity contribution is -0.137. The molecule has 0 saturated heterocycles. The van der Waals surface area contributed by atoms with Crippen LogP contribution in [0.1, 0.15) is 15.9 Å². The number of hydrogen-bond donors (Lipinski definition) is 1. The fourth-order valence-electron chi connectivity index (χ4n) is 2.23. The molecule has 24 heavy (non-hydrogen) atoms. The minimum Gasteiger partial charge on any atom is -0.322 e. The summed E-state index contributed by atoms with van der Waals surface area (Å²) < 4.78 is 38.6. The van der Waals surface area contributed by atoms with Crippen molar-refractivity contribution >= 4 is 34.1 Å². The Balaban J connectivity index is 1.88. The lowest BCUT2D eigenvalue weighted by Crippen LogP contribution is -2.13. The number of amides is 1. The Bertz CT molecular complexity index is 925. The van der Waals surface area contributed by atoms with Crippen molar-refractivity contribution in [2.75, 3.05) is 5.32 Å². The van der Waals surface area contributed by atoms with Crippen LogP contribution in [0.25, 0.3) is 10.9 Å². The first-order valence-electron chi connectivity index (χ1n) is 6.87. The number of halogens is 4. The predicted molar refractivity (Wildman–Crippen MR) is 86.2 cm³/mol. The van der Waals surface area contributed by atoms with Gasteiger partial charge in [0.2, 0.25) is 0 Å². The van der Waals surface area contributed by atoms with Gasteiger partial charge < -0.3 is 5.32 Å². The van der Waals surface area contributed by atoms with E-state index in [1.807, 2.05) is 6.07 Å². The summed E-state index contributed by atoms with van der Waals surface area (Å²) in [6, 6.07) is 11.7. The number of benzene rings is 2. The molecule has 1 aromatic heterocycles. The van der Waals surface area contributed by atoms with E-state index < -0.39 is 22.7 Å². The minimum atomic E-state index is -4.59. The zero-order chi connectivity index (χ0) is 17.3. The normalized spacial score (nSPS) is 11.5. The standard InChI is InChI=1S/C17H10ClF3N2O/c18-14-6-5-12(9-13(14)17(19,20)21)23-16(24)11-4-3-10-2-1-7-22-15(10)8-11/h1-9H,(H,23,24). The Morgan fingerprint density at radius 1 is 1.08 bits per heavy atom. The van der Waals surface area contributed by atoms with E-state index in [0.717, 1.165) is 17.5 Å². The van der Waals surface area contributed by atoms with Gasteiger partial charge in [-0.2, -0.15) is 13.2 Å². The number of anilines is 1. The molecule has 3 aromatic rings. The van der Waals surface area contributed by atoms with Gasteiger partial charge in [0, 0.05) is 22.8 Å². The Kier molecular flexibility index (Phi) is 4.15. The molecule has 0 unspecified atom stereocenters. The van der Waals surface area contributed by atoms with Crippen LogP contribution in [0.2, 0.25) is 5.02 Å². The highest BCUT2D eigenvalue weighted by molar-refractivity contribution is 6.31. The molecule has 0 aliphatic rings. The highest BCUT2D eigenvalue weighted by Crippen LogP contribution is 2.36. The molecule has 0 atom stereocenters. The summed E-state index contributed by atoms with van der Waals surface area (Å²) in [6.45, 7) is 0. The molecule has 0 aliphatic heterocycles. The average molecular weight is 351 g/mol. The van der Waals surface area contributed by atoms with Gasteiger partial charge in [0.25, 0.3) is 5.91 Å². The van der Waals surface area contributed by atoms with Crippen LogP contribution in [0.5, 0.6) is 0 Å². The molecule has 2 aromatic carbocycles. The summed E-state index contributed by atoms with van der Waals surface area (Å²) in [7, 11) is 0. The van der Waals surface area contributed by atoms with Crippen LogP contribution in [0, 0.1) is 0 Å². The Morgan fingerprint density at radius 2 is 1.88 bits per heavy atom. The van der Waals surface area contributed by atoms with Crippen molar-refractivity contribution in [2.24, 2.45) is 0 Å². The monoisotopic (exact) mass is 350 g/mol. The van der Waals surface area contributed by atoms with Gasteiger partial charge in [0.05, 0.1) is 16.1 Å². The van der Waals surface area contributed by atoms with Crippen molar-refractivity contribution in [3.8, 4) is 0 Å². The second-order valence-electron chi connectivity index (χ2n) is 5.06. The lowest BCUT2D eigenvalue weighted by atomic mass is 10.1. The minimum absolute atomic E-state index is 0.0119. The molecule has 0 aliphatic carbocycles. The molecule has 122 valence electrons. The largest absolute Gasteiger partial charge is 0.417 e. The van der Waals surface area contributed by atoms with E-state index in [-0.39, 0.29) is 5.69 Å². The van der Waals surface area contributed by atoms with Gasteiger partial charge in [0.15, 0.2) is 0 Å². The zero-order valence-electron chi connectivity index (χ0n) is 12.1. The topological polar surface area (TPSA) is 42.0 Å². The molecule has 1 N–H and O–H groups in total. The smallest absolute Gasteiger partial charge is 0.322 e. The summed E-state index contributed by atoms with van der Waals surface area (Å²) in [6.07, 6.45) is -3.00. The number of nitrogens with one attached hydrogen (secondary N) is 1. The van der Waals surface area contributed by atoms with E-state index in [9.17, 15) is 18.0 Å². The number of carbonyl (C=O) groups excluding carboxylic acids is 1. The lowest BCUT2D eigenvalue weighted by Gasteiger charge is -2.12. The first kappa shape index (κ1) is 16.3. The van der Waals surface area contributed by atoms with Crippen LogP contribution in [0.15, 0.2) is 54.7 Å².